The van der Waals surface area contributed by atoms with Crippen LogP contribution in [-0.2, 0) is 9.59 Å². The van der Waals surface area contributed by atoms with E-state index in [0.717, 1.165) is 4.90 Å². The Balaban J connectivity index is 2.44. The Labute approximate surface area is 90.5 Å². The number of aromatic nitrogens is 1. The molecule has 2 heterocycles. The lowest BCUT2D eigenvalue weighted by Crippen LogP contribution is -2.27. The molecular formula is C10H8N2O4. The van der Waals surface area contributed by atoms with E-state index in [1.807, 2.05) is 0 Å². The second-order valence-corrected chi connectivity index (χ2v) is 3.37. The van der Waals surface area contributed by atoms with E-state index >= 15 is 0 Å². The highest BCUT2D eigenvalue weighted by Crippen LogP contribution is 2.22. The molecule has 1 aliphatic rings. The molecule has 16 heavy (non-hydrogen) atoms. The summed E-state index contributed by atoms with van der Waals surface area (Å²) >= 11 is 0. The first-order valence-electron chi connectivity index (χ1n) is 4.60. The first-order chi connectivity index (χ1) is 7.59. The van der Waals surface area contributed by atoms with Crippen molar-refractivity contribution in [3.8, 4) is 0 Å². The van der Waals surface area contributed by atoms with Gasteiger partial charge in [-0.1, -0.05) is 0 Å². The smallest absolute Gasteiger partial charge is 0.356 e. The number of ketones is 1. The van der Waals surface area contributed by atoms with Gasteiger partial charge in [0.25, 0.3) is 0 Å². The fourth-order valence-corrected chi connectivity index (χ4v) is 1.58. The topological polar surface area (TPSA) is 87.6 Å². The number of nitrogens with zero attached hydrogens (tertiary/aromatic N) is 2. The summed E-state index contributed by atoms with van der Waals surface area (Å²) in [6, 6.07) is 2.99. The lowest BCUT2D eigenvalue weighted by Gasteiger charge is -2.15. The third kappa shape index (κ3) is 1.65. The normalized spacial score (nSPS) is 15.6. The SMILES string of the molecule is O=C1CC(=O)N(c2cccnc2C(=O)O)C1. The summed E-state index contributed by atoms with van der Waals surface area (Å²) in [5.41, 5.74) is -0.0450. The molecule has 0 aliphatic carbocycles. The van der Waals surface area contributed by atoms with E-state index in [2.05, 4.69) is 4.98 Å². The summed E-state index contributed by atoms with van der Waals surface area (Å²) in [4.78, 5) is 38.2. The molecule has 1 aliphatic heterocycles. The number of amides is 1. The van der Waals surface area contributed by atoms with Crippen LogP contribution in [-0.4, -0.2) is 34.3 Å². The first kappa shape index (κ1) is 10.3. The molecule has 1 N–H and O–H groups in total. The van der Waals surface area contributed by atoms with E-state index in [9.17, 15) is 14.4 Å². The van der Waals surface area contributed by atoms with Crippen LogP contribution in [0.15, 0.2) is 18.3 Å². The van der Waals surface area contributed by atoms with Crippen LogP contribution in [0.2, 0.25) is 0 Å². The van der Waals surface area contributed by atoms with E-state index in [4.69, 9.17) is 5.11 Å². The number of aromatic carboxylic acids is 1. The predicted octanol–water partition coefficient (Wildman–Crippen LogP) is 0.0856. The van der Waals surface area contributed by atoms with Gasteiger partial charge in [-0.05, 0) is 12.1 Å². The number of anilines is 1. The highest BCUT2D eigenvalue weighted by Gasteiger charge is 2.31. The van der Waals surface area contributed by atoms with Crippen molar-refractivity contribution in [2.75, 3.05) is 11.4 Å². The van der Waals surface area contributed by atoms with Crippen LogP contribution in [0.5, 0.6) is 0 Å². The monoisotopic (exact) mass is 220 g/mol. The molecule has 0 radical (unpaired) electrons. The Morgan fingerprint density at radius 3 is 2.75 bits per heavy atom. The summed E-state index contributed by atoms with van der Waals surface area (Å²) in [6.45, 7) is -0.0786. The Hall–Kier alpha value is -2.24. The number of carbonyl (C=O) groups excluding carboxylic acids is 2. The number of hydrogen-bond donors (Lipinski definition) is 1. The summed E-state index contributed by atoms with van der Waals surface area (Å²) < 4.78 is 0. The fraction of sp³-hybridized carbons (Fsp3) is 0.200. The molecule has 1 fully saturated rings. The minimum atomic E-state index is -1.22. The summed E-state index contributed by atoms with van der Waals surface area (Å²) in [5.74, 6) is -1.83. The number of carbonyl (C=O) groups is 3. The second-order valence-electron chi connectivity index (χ2n) is 3.37. The van der Waals surface area contributed by atoms with E-state index in [0.29, 0.717) is 0 Å². The van der Waals surface area contributed by atoms with Crippen LogP contribution in [0.4, 0.5) is 5.69 Å². The molecule has 0 unspecified atom stereocenters. The maximum Gasteiger partial charge on any atom is 0.356 e. The number of Topliss-reactive ketones (excluding diaryl/α,β-unsaturated/α-hetero) is 1. The molecule has 1 aromatic heterocycles. The number of rotatable bonds is 2. The molecule has 1 amide bonds. The summed E-state index contributed by atoms with van der Waals surface area (Å²) in [7, 11) is 0. The molecule has 0 atom stereocenters. The van der Waals surface area contributed by atoms with Gasteiger partial charge in [-0.3, -0.25) is 9.59 Å². The zero-order valence-electron chi connectivity index (χ0n) is 8.21. The van der Waals surface area contributed by atoms with Gasteiger partial charge >= 0.3 is 5.97 Å². The third-order valence-electron chi connectivity index (χ3n) is 2.26. The van der Waals surface area contributed by atoms with Crippen molar-refractivity contribution in [2.24, 2.45) is 0 Å². The van der Waals surface area contributed by atoms with Crippen molar-refractivity contribution >= 4 is 23.3 Å². The van der Waals surface area contributed by atoms with Gasteiger partial charge in [-0.2, -0.15) is 0 Å². The van der Waals surface area contributed by atoms with Crippen LogP contribution in [0.25, 0.3) is 0 Å². The molecule has 0 bridgehead atoms. The fourth-order valence-electron chi connectivity index (χ4n) is 1.58. The van der Waals surface area contributed by atoms with Crippen LogP contribution >= 0.6 is 0 Å². The van der Waals surface area contributed by atoms with Crippen LogP contribution in [0.1, 0.15) is 16.9 Å². The zero-order valence-corrected chi connectivity index (χ0v) is 8.21. The van der Waals surface area contributed by atoms with Gasteiger partial charge in [-0.25, -0.2) is 9.78 Å². The molecule has 2 rings (SSSR count). The minimum absolute atomic E-state index is 0.0786. The summed E-state index contributed by atoms with van der Waals surface area (Å²) in [6.07, 6.45) is 1.16. The maximum absolute atomic E-state index is 11.4. The third-order valence-corrected chi connectivity index (χ3v) is 2.26. The van der Waals surface area contributed by atoms with Gasteiger partial charge in [0.05, 0.1) is 18.7 Å². The molecule has 0 spiro atoms. The Morgan fingerprint density at radius 2 is 2.19 bits per heavy atom. The highest BCUT2D eigenvalue weighted by atomic mass is 16.4. The highest BCUT2D eigenvalue weighted by molar-refractivity contribution is 6.16. The number of carboxylic acids is 1. The average Bonchev–Trinajstić information content (AvgIpc) is 2.57. The van der Waals surface area contributed by atoms with Gasteiger partial charge < -0.3 is 10.0 Å². The van der Waals surface area contributed by atoms with E-state index in [1.54, 1.807) is 0 Å². The molecule has 6 nitrogen and oxygen atoms in total. The average molecular weight is 220 g/mol. The second kappa shape index (κ2) is 3.73. The zero-order chi connectivity index (χ0) is 11.7. The minimum Gasteiger partial charge on any atom is -0.476 e. The molecular weight excluding hydrogens is 212 g/mol. The van der Waals surface area contributed by atoms with Gasteiger partial charge in [-0.15, -0.1) is 0 Å². The Morgan fingerprint density at radius 1 is 1.44 bits per heavy atom. The maximum atomic E-state index is 11.4. The van der Waals surface area contributed by atoms with Crippen molar-refractivity contribution < 1.29 is 19.5 Å². The standard InChI is InChI=1S/C10H8N2O4/c13-6-4-8(14)12(5-6)7-2-1-3-11-9(7)10(15)16/h1-3H,4-5H2,(H,15,16). The number of carboxylic acid groups (broad SMARTS) is 1. The quantitative estimate of drug-likeness (QED) is 0.713. The molecule has 1 aromatic rings. The molecule has 6 heteroatoms. The van der Waals surface area contributed by atoms with Crippen LogP contribution in [0.3, 0.4) is 0 Å². The molecule has 82 valence electrons. The number of hydrogen-bond acceptors (Lipinski definition) is 4. The summed E-state index contributed by atoms with van der Waals surface area (Å²) in [5, 5.41) is 8.89. The van der Waals surface area contributed by atoms with Crippen LogP contribution < -0.4 is 4.90 Å². The molecule has 0 saturated carbocycles. The van der Waals surface area contributed by atoms with Crippen LogP contribution in [0, 0.1) is 0 Å². The Bertz CT molecular complexity index is 483. The lowest BCUT2D eigenvalue weighted by molar-refractivity contribution is -0.121. The van der Waals surface area contributed by atoms with Crippen molar-refractivity contribution in [1.82, 2.24) is 4.98 Å². The van der Waals surface area contributed by atoms with Gasteiger partial charge in [0.2, 0.25) is 5.91 Å². The predicted molar refractivity (Wildman–Crippen MR) is 53.2 cm³/mol. The van der Waals surface area contributed by atoms with Gasteiger partial charge in [0.1, 0.15) is 0 Å². The van der Waals surface area contributed by atoms with E-state index < -0.39 is 5.97 Å². The van der Waals surface area contributed by atoms with Crippen molar-refractivity contribution in [2.45, 2.75) is 6.42 Å². The van der Waals surface area contributed by atoms with Gasteiger partial charge in [0, 0.05) is 6.20 Å². The molecule has 0 aromatic carbocycles. The van der Waals surface area contributed by atoms with E-state index in [-0.39, 0.29) is 36.0 Å². The molecule has 1 saturated heterocycles. The van der Waals surface area contributed by atoms with E-state index in [1.165, 1.54) is 18.3 Å². The van der Waals surface area contributed by atoms with Crippen molar-refractivity contribution in [3.63, 3.8) is 0 Å². The first-order valence-corrected chi connectivity index (χ1v) is 4.60. The largest absolute Gasteiger partial charge is 0.476 e. The lowest BCUT2D eigenvalue weighted by atomic mass is 10.2. The van der Waals surface area contributed by atoms with Crippen molar-refractivity contribution in [1.29, 1.82) is 0 Å². The Kier molecular flexibility index (Phi) is 2.40. The van der Waals surface area contributed by atoms with Gasteiger partial charge in [0.15, 0.2) is 11.5 Å². The number of pyridine rings is 1. The van der Waals surface area contributed by atoms with Crippen molar-refractivity contribution in [3.05, 3.63) is 24.0 Å².